The first-order valence-electron chi connectivity index (χ1n) is 4.03. The number of nitrogens with zero attached hydrogens (tertiary/aromatic N) is 3. The summed E-state index contributed by atoms with van der Waals surface area (Å²) in [5.41, 5.74) is 0.209. The van der Waals surface area contributed by atoms with Crippen molar-refractivity contribution in [1.29, 1.82) is 0 Å². The minimum Gasteiger partial charge on any atom is -0.381 e. The van der Waals surface area contributed by atoms with Crippen molar-refractivity contribution in [3.63, 3.8) is 0 Å². The largest absolute Gasteiger partial charge is 0.437 e. The van der Waals surface area contributed by atoms with Gasteiger partial charge in [-0.25, -0.2) is 4.79 Å². The molecule has 0 saturated heterocycles. The van der Waals surface area contributed by atoms with Crippen LogP contribution in [0.15, 0.2) is 27.5 Å². The maximum Gasteiger partial charge on any atom is 0.437 e. The Bertz CT molecular complexity index is 560. The van der Waals surface area contributed by atoms with Gasteiger partial charge in [0.25, 0.3) is 0 Å². The molecule has 1 N–H and O–H groups in total. The molecule has 78 valence electrons. The van der Waals surface area contributed by atoms with E-state index in [-0.39, 0.29) is 11.6 Å². The summed E-state index contributed by atoms with van der Waals surface area (Å²) in [6, 6.07) is 2.93. The molecule has 2 aromatic rings. The summed E-state index contributed by atoms with van der Waals surface area (Å²) in [5.74, 6) is -0.600. The van der Waals surface area contributed by atoms with E-state index in [4.69, 9.17) is 16.0 Å². The summed E-state index contributed by atoms with van der Waals surface area (Å²) in [6.45, 7) is 0. The Morgan fingerprint density at radius 3 is 3.00 bits per heavy atom. The molecule has 0 saturated carbocycles. The second-order valence-corrected chi connectivity index (χ2v) is 3.31. The maximum atomic E-state index is 11.0. The van der Waals surface area contributed by atoms with Crippen LogP contribution in [-0.4, -0.2) is 15.0 Å². The van der Waals surface area contributed by atoms with Crippen molar-refractivity contribution in [1.82, 2.24) is 9.78 Å². The summed E-state index contributed by atoms with van der Waals surface area (Å²) < 4.78 is 6.59. The van der Waals surface area contributed by atoms with E-state index >= 15 is 0 Å². The number of halogens is 1. The van der Waals surface area contributed by atoms with E-state index in [1.807, 2.05) is 0 Å². The molecule has 0 amide bonds. The Labute approximate surface area is 88.9 Å². The summed E-state index contributed by atoms with van der Waals surface area (Å²) in [5, 5.41) is 13.6. The van der Waals surface area contributed by atoms with Gasteiger partial charge in [0, 0.05) is 23.9 Å². The highest BCUT2D eigenvalue weighted by Gasteiger charge is 2.20. The van der Waals surface area contributed by atoms with Gasteiger partial charge in [-0.05, 0) is 0 Å². The lowest BCUT2D eigenvalue weighted by molar-refractivity contribution is -0.896. The molecule has 0 fully saturated rings. The van der Waals surface area contributed by atoms with Gasteiger partial charge in [-0.3, -0.25) is 5.21 Å². The third kappa shape index (κ3) is 1.71. The fourth-order valence-corrected chi connectivity index (χ4v) is 1.24. The molecule has 0 spiro atoms. The average molecular weight is 229 g/mol. The highest BCUT2D eigenvalue weighted by Crippen LogP contribution is 2.14. The molecule has 15 heavy (non-hydrogen) atoms. The van der Waals surface area contributed by atoms with Gasteiger partial charge in [0.1, 0.15) is 0 Å². The molecule has 0 radical (unpaired) electrons. The van der Waals surface area contributed by atoms with Crippen LogP contribution in [0, 0.1) is 0 Å². The summed E-state index contributed by atoms with van der Waals surface area (Å²) in [6.07, 6.45) is 1.33. The zero-order valence-electron chi connectivity index (χ0n) is 7.72. The number of aryl methyl sites for hydroxylation is 1. The SMILES string of the molecule is Cn1nc(-c2cc(Cl)cc[n+]2O)oc1=O. The Kier molecular flexibility index (Phi) is 2.20. The molecule has 0 aromatic carbocycles. The molecule has 0 aliphatic carbocycles. The molecule has 0 atom stereocenters. The number of aromatic nitrogens is 3. The van der Waals surface area contributed by atoms with Crippen LogP contribution >= 0.6 is 11.6 Å². The van der Waals surface area contributed by atoms with Gasteiger partial charge in [-0.1, -0.05) is 11.6 Å². The lowest BCUT2D eigenvalue weighted by Gasteiger charge is -1.91. The monoisotopic (exact) mass is 228 g/mol. The minimum absolute atomic E-state index is 0.00694. The van der Waals surface area contributed by atoms with E-state index in [9.17, 15) is 10.0 Å². The first-order chi connectivity index (χ1) is 7.08. The van der Waals surface area contributed by atoms with Gasteiger partial charge in [-0.2, -0.15) is 4.68 Å². The van der Waals surface area contributed by atoms with E-state index in [1.54, 1.807) is 0 Å². The quantitative estimate of drug-likeness (QED) is 0.560. The van der Waals surface area contributed by atoms with Gasteiger partial charge in [-0.15, -0.1) is 5.10 Å². The van der Waals surface area contributed by atoms with Crippen molar-refractivity contribution < 1.29 is 14.4 Å². The maximum absolute atomic E-state index is 11.0. The lowest BCUT2D eigenvalue weighted by Crippen LogP contribution is -2.32. The third-order valence-electron chi connectivity index (χ3n) is 1.80. The number of pyridine rings is 1. The summed E-state index contributed by atoms with van der Waals surface area (Å²) in [4.78, 5) is 11.0. The summed E-state index contributed by atoms with van der Waals surface area (Å²) >= 11 is 5.73. The molecule has 0 bridgehead atoms. The lowest BCUT2D eigenvalue weighted by atomic mass is 10.3. The van der Waals surface area contributed by atoms with Crippen molar-refractivity contribution in [2.75, 3.05) is 0 Å². The molecule has 0 aliphatic rings. The van der Waals surface area contributed by atoms with Crippen LogP contribution in [0.5, 0.6) is 0 Å². The third-order valence-corrected chi connectivity index (χ3v) is 2.04. The van der Waals surface area contributed by atoms with Crippen LogP contribution in [0.3, 0.4) is 0 Å². The number of rotatable bonds is 1. The second kappa shape index (κ2) is 3.39. The normalized spacial score (nSPS) is 10.5. The van der Waals surface area contributed by atoms with Crippen LogP contribution < -0.4 is 10.5 Å². The van der Waals surface area contributed by atoms with Crippen molar-refractivity contribution >= 4 is 11.6 Å². The fourth-order valence-electron chi connectivity index (χ4n) is 1.08. The van der Waals surface area contributed by atoms with Crippen LogP contribution in [0.4, 0.5) is 0 Å². The van der Waals surface area contributed by atoms with E-state index < -0.39 is 5.76 Å². The van der Waals surface area contributed by atoms with Gasteiger partial charge < -0.3 is 4.42 Å². The van der Waals surface area contributed by atoms with Crippen molar-refractivity contribution in [2.45, 2.75) is 0 Å². The molecular formula is C8H7ClN3O3+. The standard InChI is InChI=1S/C8H7ClN3O3/c1-11-8(13)15-7(10-11)6-4-5(9)2-3-12(6)14/h2-4,14H,1H3/q+1. The Morgan fingerprint density at radius 1 is 1.67 bits per heavy atom. The van der Waals surface area contributed by atoms with Crippen LogP contribution in [0.25, 0.3) is 11.6 Å². The van der Waals surface area contributed by atoms with Crippen LogP contribution in [0.1, 0.15) is 0 Å². The predicted octanol–water partition coefficient (Wildman–Crippen LogP) is 0.218. The Hall–Kier alpha value is -1.82. The van der Waals surface area contributed by atoms with Crippen molar-refractivity contribution in [3.05, 3.63) is 33.9 Å². The molecule has 2 heterocycles. The van der Waals surface area contributed by atoms with Crippen LogP contribution in [0.2, 0.25) is 5.02 Å². The molecule has 2 aromatic heterocycles. The van der Waals surface area contributed by atoms with Gasteiger partial charge >= 0.3 is 17.3 Å². The van der Waals surface area contributed by atoms with Crippen LogP contribution in [-0.2, 0) is 7.05 Å². The number of hydrogen-bond donors (Lipinski definition) is 1. The van der Waals surface area contributed by atoms with E-state index in [0.29, 0.717) is 5.02 Å². The van der Waals surface area contributed by atoms with Crippen molar-refractivity contribution in [2.24, 2.45) is 7.05 Å². The van der Waals surface area contributed by atoms with Gasteiger partial charge in [0.05, 0.1) is 5.02 Å². The van der Waals surface area contributed by atoms with E-state index in [1.165, 1.54) is 25.4 Å². The Balaban J connectivity index is 2.63. The summed E-state index contributed by atoms with van der Waals surface area (Å²) in [7, 11) is 1.45. The highest BCUT2D eigenvalue weighted by atomic mass is 35.5. The second-order valence-electron chi connectivity index (χ2n) is 2.87. The molecule has 7 heteroatoms. The smallest absolute Gasteiger partial charge is 0.381 e. The average Bonchev–Trinajstić information content (AvgIpc) is 2.51. The minimum atomic E-state index is -0.607. The number of hydrogen-bond acceptors (Lipinski definition) is 4. The predicted molar refractivity (Wildman–Crippen MR) is 49.6 cm³/mol. The topological polar surface area (TPSA) is 72.1 Å². The molecule has 6 nitrogen and oxygen atoms in total. The first kappa shape index (κ1) is 9.72. The van der Waals surface area contributed by atoms with Gasteiger partial charge in [0.2, 0.25) is 6.20 Å². The molecule has 0 unspecified atom stereocenters. The van der Waals surface area contributed by atoms with Gasteiger partial charge in [0.15, 0.2) is 0 Å². The highest BCUT2D eigenvalue weighted by molar-refractivity contribution is 6.30. The fraction of sp³-hybridized carbons (Fsp3) is 0.125. The molecular weight excluding hydrogens is 222 g/mol. The Morgan fingerprint density at radius 2 is 2.40 bits per heavy atom. The molecule has 2 rings (SSSR count). The first-order valence-corrected chi connectivity index (χ1v) is 4.40. The zero-order chi connectivity index (χ0) is 11.0. The van der Waals surface area contributed by atoms with E-state index in [2.05, 4.69) is 5.10 Å². The van der Waals surface area contributed by atoms with E-state index in [0.717, 1.165) is 9.41 Å². The molecule has 0 aliphatic heterocycles. The zero-order valence-corrected chi connectivity index (χ0v) is 8.47. The van der Waals surface area contributed by atoms with Crippen molar-refractivity contribution in [3.8, 4) is 11.6 Å².